The summed E-state index contributed by atoms with van der Waals surface area (Å²) in [6, 6.07) is 12.4. The molecular weight excluding hydrogens is 272 g/mol. The third-order valence-electron chi connectivity index (χ3n) is 3.89. The maximum Gasteiger partial charge on any atom is 0.225 e. The highest BCUT2D eigenvalue weighted by Gasteiger charge is 2.18. The number of nitrogens with zero attached hydrogens (tertiary/aromatic N) is 4. The van der Waals surface area contributed by atoms with Crippen LogP contribution in [0.1, 0.15) is 12.5 Å². The van der Waals surface area contributed by atoms with Crippen LogP contribution >= 0.6 is 0 Å². The van der Waals surface area contributed by atoms with Gasteiger partial charge in [-0.15, -0.1) is 0 Å². The molecule has 0 amide bonds. The van der Waals surface area contributed by atoms with Gasteiger partial charge in [0.2, 0.25) is 5.95 Å². The van der Waals surface area contributed by atoms with E-state index in [1.807, 2.05) is 6.07 Å². The molecule has 22 heavy (non-hydrogen) atoms. The number of rotatable bonds is 4. The summed E-state index contributed by atoms with van der Waals surface area (Å²) in [6.07, 6.45) is 5.88. The van der Waals surface area contributed by atoms with Gasteiger partial charge in [0.25, 0.3) is 0 Å². The first kappa shape index (κ1) is 14.7. The average Bonchev–Trinajstić information content (AvgIpc) is 2.57. The fourth-order valence-corrected chi connectivity index (χ4v) is 2.79. The molecule has 0 atom stereocenters. The number of anilines is 1. The van der Waals surface area contributed by atoms with Gasteiger partial charge in [-0.25, -0.2) is 9.97 Å². The van der Waals surface area contributed by atoms with Gasteiger partial charge in [0.15, 0.2) is 0 Å². The molecule has 0 spiro atoms. The van der Waals surface area contributed by atoms with Gasteiger partial charge < -0.3 is 4.90 Å². The molecule has 3 rings (SSSR count). The van der Waals surface area contributed by atoms with Crippen LogP contribution in [0.4, 0.5) is 5.95 Å². The molecule has 1 aliphatic heterocycles. The predicted octanol–water partition coefficient (Wildman–Crippen LogP) is 2.70. The van der Waals surface area contributed by atoms with E-state index < -0.39 is 0 Å². The van der Waals surface area contributed by atoms with E-state index in [0.29, 0.717) is 0 Å². The molecule has 0 aliphatic carbocycles. The minimum atomic E-state index is 0.846. The standard InChI is InChI=1S/C18H22N4/c1-16(14-17-6-3-2-4-7-17)15-21-10-12-22(13-11-21)18-19-8-5-9-20-18/h2-9,14H,10-13,15H2,1H3/b16-14+. The Bertz CT molecular complexity index is 601. The SMILES string of the molecule is C/C(=C\c1ccccc1)CN1CCN(c2ncccn2)CC1. The van der Waals surface area contributed by atoms with E-state index in [4.69, 9.17) is 0 Å². The Labute approximate surface area is 132 Å². The maximum atomic E-state index is 4.33. The quantitative estimate of drug-likeness (QED) is 0.868. The molecule has 4 nitrogen and oxygen atoms in total. The summed E-state index contributed by atoms with van der Waals surface area (Å²) in [6.45, 7) is 7.32. The second-order valence-corrected chi connectivity index (χ2v) is 5.71. The Hall–Kier alpha value is -2.20. The molecule has 0 bridgehead atoms. The molecule has 114 valence electrons. The lowest BCUT2D eigenvalue weighted by Gasteiger charge is -2.34. The van der Waals surface area contributed by atoms with Crippen LogP contribution in [-0.4, -0.2) is 47.6 Å². The van der Waals surface area contributed by atoms with Crippen LogP contribution < -0.4 is 4.90 Å². The van der Waals surface area contributed by atoms with E-state index in [-0.39, 0.29) is 0 Å². The van der Waals surface area contributed by atoms with E-state index in [9.17, 15) is 0 Å². The summed E-state index contributed by atoms with van der Waals surface area (Å²) in [4.78, 5) is 13.4. The number of piperazine rings is 1. The van der Waals surface area contributed by atoms with E-state index in [0.717, 1.165) is 38.7 Å². The van der Waals surface area contributed by atoms with Crippen molar-refractivity contribution in [2.75, 3.05) is 37.6 Å². The van der Waals surface area contributed by atoms with E-state index in [1.54, 1.807) is 12.4 Å². The highest BCUT2D eigenvalue weighted by atomic mass is 15.3. The second-order valence-electron chi connectivity index (χ2n) is 5.71. The van der Waals surface area contributed by atoms with Crippen LogP contribution in [-0.2, 0) is 0 Å². The van der Waals surface area contributed by atoms with Gasteiger partial charge in [0.1, 0.15) is 0 Å². The van der Waals surface area contributed by atoms with Crippen molar-refractivity contribution in [2.24, 2.45) is 0 Å². The van der Waals surface area contributed by atoms with Crippen LogP contribution in [0.2, 0.25) is 0 Å². The normalized spacial score (nSPS) is 16.8. The third-order valence-corrected chi connectivity index (χ3v) is 3.89. The summed E-state index contributed by atoms with van der Waals surface area (Å²) >= 11 is 0. The first-order valence-corrected chi connectivity index (χ1v) is 7.78. The topological polar surface area (TPSA) is 32.3 Å². The predicted molar refractivity (Wildman–Crippen MR) is 90.8 cm³/mol. The zero-order valence-corrected chi connectivity index (χ0v) is 13.0. The summed E-state index contributed by atoms with van der Waals surface area (Å²) in [5.74, 6) is 0.846. The van der Waals surface area contributed by atoms with Gasteiger partial charge in [-0.1, -0.05) is 42.0 Å². The lowest BCUT2D eigenvalue weighted by molar-refractivity contribution is 0.277. The van der Waals surface area contributed by atoms with Crippen molar-refractivity contribution in [3.63, 3.8) is 0 Å². The van der Waals surface area contributed by atoms with Gasteiger partial charge in [0, 0.05) is 45.1 Å². The minimum Gasteiger partial charge on any atom is -0.338 e. The lowest BCUT2D eigenvalue weighted by atomic mass is 10.1. The molecule has 1 aromatic carbocycles. The summed E-state index contributed by atoms with van der Waals surface area (Å²) in [5, 5.41) is 0. The van der Waals surface area contributed by atoms with Crippen LogP contribution in [0.3, 0.4) is 0 Å². The van der Waals surface area contributed by atoms with Crippen molar-refractivity contribution >= 4 is 12.0 Å². The zero-order chi connectivity index (χ0) is 15.2. The molecule has 1 saturated heterocycles. The first-order chi connectivity index (χ1) is 10.8. The fraction of sp³-hybridized carbons (Fsp3) is 0.333. The van der Waals surface area contributed by atoms with Gasteiger partial charge >= 0.3 is 0 Å². The highest BCUT2D eigenvalue weighted by Crippen LogP contribution is 2.12. The second kappa shape index (κ2) is 7.18. The van der Waals surface area contributed by atoms with Crippen LogP contribution in [0.15, 0.2) is 54.4 Å². The Morgan fingerprint density at radius 1 is 1.00 bits per heavy atom. The van der Waals surface area contributed by atoms with Crippen LogP contribution in [0, 0.1) is 0 Å². The number of hydrogen-bond acceptors (Lipinski definition) is 4. The van der Waals surface area contributed by atoms with E-state index in [2.05, 4.69) is 63.1 Å². The molecule has 2 heterocycles. The van der Waals surface area contributed by atoms with Crippen molar-refractivity contribution in [1.29, 1.82) is 0 Å². The Kier molecular flexibility index (Phi) is 4.81. The molecule has 1 aromatic heterocycles. The number of aromatic nitrogens is 2. The van der Waals surface area contributed by atoms with Crippen LogP contribution in [0.5, 0.6) is 0 Å². The highest BCUT2D eigenvalue weighted by molar-refractivity contribution is 5.52. The Balaban J connectivity index is 1.53. The van der Waals surface area contributed by atoms with Crippen molar-refractivity contribution in [3.05, 3.63) is 59.9 Å². The Morgan fingerprint density at radius 3 is 2.36 bits per heavy atom. The van der Waals surface area contributed by atoms with Crippen molar-refractivity contribution in [2.45, 2.75) is 6.92 Å². The average molecular weight is 294 g/mol. The number of benzene rings is 1. The molecule has 1 fully saturated rings. The molecule has 0 unspecified atom stereocenters. The smallest absolute Gasteiger partial charge is 0.225 e. The van der Waals surface area contributed by atoms with Crippen molar-refractivity contribution in [1.82, 2.24) is 14.9 Å². The van der Waals surface area contributed by atoms with Gasteiger partial charge in [-0.2, -0.15) is 0 Å². The van der Waals surface area contributed by atoms with Gasteiger partial charge in [0.05, 0.1) is 0 Å². The lowest BCUT2D eigenvalue weighted by Crippen LogP contribution is -2.47. The van der Waals surface area contributed by atoms with Crippen LogP contribution in [0.25, 0.3) is 6.08 Å². The molecule has 0 radical (unpaired) electrons. The monoisotopic (exact) mass is 294 g/mol. The molecule has 4 heteroatoms. The number of hydrogen-bond donors (Lipinski definition) is 0. The van der Waals surface area contributed by atoms with E-state index in [1.165, 1.54) is 11.1 Å². The molecule has 0 saturated carbocycles. The summed E-state index contributed by atoms with van der Waals surface area (Å²) in [7, 11) is 0. The molecular formula is C18H22N4. The van der Waals surface area contributed by atoms with E-state index >= 15 is 0 Å². The Morgan fingerprint density at radius 2 is 1.68 bits per heavy atom. The largest absolute Gasteiger partial charge is 0.338 e. The minimum absolute atomic E-state index is 0.846. The molecule has 1 aliphatic rings. The van der Waals surface area contributed by atoms with Gasteiger partial charge in [-0.3, -0.25) is 4.90 Å². The third kappa shape index (κ3) is 3.92. The summed E-state index contributed by atoms with van der Waals surface area (Å²) < 4.78 is 0. The molecule has 2 aromatic rings. The fourth-order valence-electron chi connectivity index (χ4n) is 2.79. The first-order valence-electron chi connectivity index (χ1n) is 7.78. The van der Waals surface area contributed by atoms with Crippen molar-refractivity contribution in [3.8, 4) is 0 Å². The maximum absolute atomic E-state index is 4.33. The van der Waals surface area contributed by atoms with Gasteiger partial charge in [-0.05, 0) is 18.6 Å². The zero-order valence-electron chi connectivity index (χ0n) is 13.0. The van der Waals surface area contributed by atoms with Crippen molar-refractivity contribution < 1.29 is 0 Å². The molecule has 0 N–H and O–H groups in total. The summed E-state index contributed by atoms with van der Waals surface area (Å²) in [5.41, 5.74) is 2.67.